The molecule has 1 aromatic heterocycles. The van der Waals surface area contributed by atoms with Crippen LogP contribution in [-0.2, 0) is 0 Å². The van der Waals surface area contributed by atoms with E-state index in [0.29, 0.717) is 33.2 Å². The molecule has 0 aliphatic carbocycles. The molecule has 0 amide bonds. The third-order valence-corrected chi connectivity index (χ3v) is 4.15. The Labute approximate surface area is 158 Å². The van der Waals surface area contributed by atoms with Crippen LogP contribution < -0.4 is 0 Å². The zero-order valence-electron chi connectivity index (χ0n) is 13.1. The molecule has 3 rings (SSSR count). The molecular weight excluding hydrogens is 375 g/mol. The number of hydrogen-bond donors (Lipinski definition) is 0. The molecule has 128 valence electrons. The summed E-state index contributed by atoms with van der Waals surface area (Å²) in [6, 6.07) is 16.6. The predicted molar refractivity (Wildman–Crippen MR) is 101 cm³/mol. The highest BCUT2D eigenvalue weighted by Crippen LogP contribution is 2.33. The first kappa shape index (κ1) is 17.7. The SMILES string of the molecule is N#C/C(=C/c1ccc(-c2ccc([N+](=O)[O-])cc2Cl)o1)c1cccc(Cl)c1. The summed E-state index contributed by atoms with van der Waals surface area (Å²) in [5, 5.41) is 20.9. The predicted octanol–water partition coefficient (Wildman–Crippen LogP) is 6.23. The van der Waals surface area contributed by atoms with E-state index in [-0.39, 0.29) is 10.7 Å². The minimum absolute atomic E-state index is 0.0989. The van der Waals surface area contributed by atoms with Crippen molar-refractivity contribution in [3.8, 4) is 17.4 Å². The van der Waals surface area contributed by atoms with E-state index in [1.54, 1.807) is 42.5 Å². The molecule has 5 nitrogen and oxygen atoms in total. The zero-order valence-corrected chi connectivity index (χ0v) is 14.7. The van der Waals surface area contributed by atoms with E-state index in [2.05, 4.69) is 6.07 Å². The van der Waals surface area contributed by atoms with Gasteiger partial charge in [-0.15, -0.1) is 0 Å². The van der Waals surface area contributed by atoms with Gasteiger partial charge in [-0.2, -0.15) is 5.26 Å². The maximum atomic E-state index is 10.8. The summed E-state index contributed by atoms with van der Waals surface area (Å²) in [5.74, 6) is 0.894. The van der Waals surface area contributed by atoms with Gasteiger partial charge in [-0.3, -0.25) is 10.1 Å². The van der Waals surface area contributed by atoms with Gasteiger partial charge in [0.25, 0.3) is 5.69 Å². The Morgan fingerprint density at radius 1 is 1.15 bits per heavy atom. The third-order valence-electron chi connectivity index (χ3n) is 3.60. The van der Waals surface area contributed by atoms with E-state index in [1.807, 2.05) is 0 Å². The van der Waals surface area contributed by atoms with Crippen molar-refractivity contribution in [2.75, 3.05) is 0 Å². The van der Waals surface area contributed by atoms with Crippen molar-refractivity contribution in [1.82, 2.24) is 0 Å². The van der Waals surface area contributed by atoms with Gasteiger partial charge in [-0.1, -0.05) is 35.3 Å². The Morgan fingerprint density at radius 3 is 2.62 bits per heavy atom. The normalized spacial score (nSPS) is 11.2. The molecule has 26 heavy (non-hydrogen) atoms. The summed E-state index contributed by atoms with van der Waals surface area (Å²) in [4.78, 5) is 10.3. The highest BCUT2D eigenvalue weighted by atomic mass is 35.5. The van der Waals surface area contributed by atoms with Crippen LogP contribution >= 0.6 is 23.2 Å². The number of rotatable bonds is 4. The quantitative estimate of drug-likeness (QED) is 0.303. The van der Waals surface area contributed by atoms with Crippen molar-refractivity contribution in [1.29, 1.82) is 5.26 Å². The molecule has 0 fully saturated rings. The second kappa shape index (κ2) is 7.44. The van der Waals surface area contributed by atoms with Gasteiger partial charge in [0.1, 0.15) is 11.5 Å². The van der Waals surface area contributed by atoms with E-state index in [4.69, 9.17) is 27.6 Å². The molecule has 0 spiro atoms. The highest BCUT2D eigenvalue weighted by Gasteiger charge is 2.13. The highest BCUT2D eigenvalue weighted by molar-refractivity contribution is 6.33. The number of hydrogen-bond acceptors (Lipinski definition) is 4. The monoisotopic (exact) mass is 384 g/mol. The maximum absolute atomic E-state index is 10.8. The van der Waals surface area contributed by atoms with E-state index in [1.165, 1.54) is 18.2 Å². The second-order valence-electron chi connectivity index (χ2n) is 5.30. The minimum Gasteiger partial charge on any atom is -0.457 e. The third kappa shape index (κ3) is 3.77. The summed E-state index contributed by atoms with van der Waals surface area (Å²) in [7, 11) is 0. The van der Waals surface area contributed by atoms with Gasteiger partial charge in [0, 0.05) is 22.7 Å². The number of furan rings is 1. The van der Waals surface area contributed by atoms with Crippen molar-refractivity contribution in [2.24, 2.45) is 0 Å². The molecule has 0 N–H and O–H groups in total. The first-order valence-electron chi connectivity index (χ1n) is 7.40. The first-order valence-corrected chi connectivity index (χ1v) is 8.15. The standard InChI is InChI=1S/C19H10Cl2N2O3/c20-14-3-1-2-12(8-14)13(11-22)9-16-5-7-19(26-16)17-6-4-15(23(24)25)10-18(17)21/h1-10H/b13-9-. The van der Waals surface area contributed by atoms with Crippen molar-refractivity contribution >= 4 is 40.5 Å². The average molecular weight is 385 g/mol. The lowest BCUT2D eigenvalue weighted by atomic mass is 10.1. The topological polar surface area (TPSA) is 80.1 Å². The van der Waals surface area contributed by atoms with Gasteiger partial charge < -0.3 is 4.42 Å². The first-order chi connectivity index (χ1) is 12.5. The molecule has 3 aromatic rings. The van der Waals surface area contributed by atoms with Crippen LogP contribution in [0.25, 0.3) is 23.0 Å². The summed E-state index contributed by atoms with van der Waals surface area (Å²) >= 11 is 12.1. The van der Waals surface area contributed by atoms with Crippen LogP contribution in [0.1, 0.15) is 11.3 Å². The number of nitriles is 1. The molecule has 0 saturated carbocycles. The molecule has 1 heterocycles. The Hall–Kier alpha value is -3.07. The second-order valence-corrected chi connectivity index (χ2v) is 6.15. The summed E-state index contributed by atoms with van der Waals surface area (Å²) in [6.07, 6.45) is 1.59. The van der Waals surface area contributed by atoms with Gasteiger partial charge in [0.15, 0.2) is 0 Å². The number of nitro benzene ring substituents is 1. The molecule has 7 heteroatoms. The maximum Gasteiger partial charge on any atom is 0.270 e. The molecule has 2 aromatic carbocycles. The molecular formula is C19H10Cl2N2O3. The number of nitrogens with zero attached hydrogens (tertiary/aromatic N) is 2. The largest absolute Gasteiger partial charge is 0.457 e. The smallest absolute Gasteiger partial charge is 0.270 e. The summed E-state index contributed by atoms with van der Waals surface area (Å²) in [5.41, 5.74) is 1.49. The molecule has 0 aliphatic rings. The Morgan fingerprint density at radius 2 is 1.96 bits per heavy atom. The van der Waals surface area contributed by atoms with Crippen LogP contribution in [0.5, 0.6) is 0 Å². The fourth-order valence-electron chi connectivity index (χ4n) is 2.37. The minimum atomic E-state index is -0.518. The molecule has 0 radical (unpaired) electrons. The van der Waals surface area contributed by atoms with Crippen molar-refractivity contribution < 1.29 is 9.34 Å². The summed E-state index contributed by atoms with van der Waals surface area (Å²) in [6.45, 7) is 0. The molecule has 0 bridgehead atoms. The average Bonchev–Trinajstić information content (AvgIpc) is 3.07. The van der Waals surface area contributed by atoms with Crippen LogP contribution in [0.3, 0.4) is 0 Å². The van der Waals surface area contributed by atoms with Crippen LogP contribution in [0.4, 0.5) is 5.69 Å². The van der Waals surface area contributed by atoms with Gasteiger partial charge in [-0.25, -0.2) is 0 Å². The van der Waals surface area contributed by atoms with E-state index < -0.39 is 4.92 Å². The fraction of sp³-hybridized carbons (Fsp3) is 0. The van der Waals surface area contributed by atoms with Gasteiger partial charge in [0.05, 0.1) is 21.6 Å². The van der Waals surface area contributed by atoms with Crippen LogP contribution in [0.2, 0.25) is 10.0 Å². The number of non-ortho nitro benzene ring substituents is 1. The van der Waals surface area contributed by atoms with E-state index in [9.17, 15) is 15.4 Å². The Balaban J connectivity index is 1.95. The van der Waals surface area contributed by atoms with Crippen LogP contribution in [0.15, 0.2) is 59.0 Å². The van der Waals surface area contributed by atoms with Crippen molar-refractivity contribution in [3.63, 3.8) is 0 Å². The van der Waals surface area contributed by atoms with Crippen LogP contribution in [-0.4, -0.2) is 4.92 Å². The van der Waals surface area contributed by atoms with Gasteiger partial charge >= 0.3 is 0 Å². The Bertz CT molecular complexity index is 1060. The lowest BCUT2D eigenvalue weighted by Gasteiger charge is -2.01. The number of allylic oxidation sites excluding steroid dienone is 1. The summed E-state index contributed by atoms with van der Waals surface area (Å²) < 4.78 is 5.72. The van der Waals surface area contributed by atoms with E-state index >= 15 is 0 Å². The molecule has 0 saturated heterocycles. The lowest BCUT2D eigenvalue weighted by Crippen LogP contribution is -1.88. The number of benzene rings is 2. The van der Waals surface area contributed by atoms with Crippen molar-refractivity contribution in [2.45, 2.75) is 0 Å². The zero-order chi connectivity index (χ0) is 18.7. The van der Waals surface area contributed by atoms with Crippen LogP contribution in [0, 0.1) is 21.4 Å². The van der Waals surface area contributed by atoms with Gasteiger partial charge in [0.2, 0.25) is 0 Å². The Kier molecular flexibility index (Phi) is 5.08. The molecule has 0 aliphatic heterocycles. The molecule has 0 unspecified atom stereocenters. The number of nitro groups is 1. The van der Waals surface area contributed by atoms with Gasteiger partial charge in [-0.05, 0) is 42.0 Å². The number of halogens is 2. The fourth-order valence-corrected chi connectivity index (χ4v) is 2.83. The van der Waals surface area contributed by atoms with E-state index in [0.717, 1.165) is 0 Å². The molecule has 0 atom stereocenters. The van der Waals surface area contributed by atoms with Crippen molar-refractivity contribution in [3.05, 3.63) is 86.1 Å². The lowest BCUT2D eigenvalue weighted by molar-refractivity contribution is -0.384.